The van der Waals surface area contributed by atoms with E-state index in [0.717, 1.165) is 109 Å². The Labute approximate surface area is 892 Å². The van der Waals surface area contributed by atoms with Crippen LogP contribution in [0.3, 0.4) is 0 Å². The molecule has 786 valence electrons. The molecule has 1 aliphatic carbocycles. The zero-order valence-electron chi connectivity index (χ0n) is 81.9. The second kappa shape index (κ2) is 57.4. The van der Waals surface area contributed by atoms with Crippen LogP contribution < -0.4 is 47.9 Å². The number of Topliss-reactive ketones (excluding diaryl/α,β-unsaturated/α-hetero) is 1. The van der Waals surface area contributed by atoms with Gasteiger partial charge in [-0.1, -0.05) is 179 Å². The third-order valence-electron chi connectivity index (χ3n) is 22.2. The number of alkyl halides is 3. The molecule has 0 bridgehead atoms. The number of nitrogens with one attached hydrogen (secondary N) is 3. The summed E-state index contributed by atoms with van der Waals surface area (Å²) >= 11 is 26.5. The molecule has 9 aromatic carbocycles. The van der Waals surface area contributed by atoms with Gasteiger partial charge in [-0.2, -0.15) is 26.6 Å². The number of aromatic nitrogens is 3. The maximum Gasteiger partial charge on any atom is 0.445 e. The first-order chi connectivity index (χ1) is 71.2. The van der Waals surface area contributed by atoms with Gasteiger partial charge in [0.15, 0.2) is 17.6 Å². The number of aliphatic imine (C=N–C) groups is 1. The Kier molecular flexibility index (Phi) is 45.3. The number of cyclic esters (lactones) is 1. The monoisotopic (exact) mass is 2190 g/mol. The van der Waals surface area contributed by atoms with Crippen LogP contribution in [-0.2, 0) is 61.5 Å². The van der Waals surface area contributed by atoms with E-state index in [1.54, 1.807) is 72.6 Å². The van der Waals surface area contributed by atoms with Gasteiger partial charge in [0.05, 0.1) is 72.0 Å². The van der Waals surface area contributed by atoms with Crippen molar-refractivity contribution in [2.45, 2.75) is 91.3 Å². The number of benzene rings is 9. The van der Waals surface area contributed by atoms with E-state index in [4.69, 9.17) is 80.3 Å². The van der Waals surface area contributed by atoms with E-state index < -0.39 is 63.6 Å². The number of rotatable bonds is 21. The Hall–Kier alpha value is -13.4. The maximum absolute atomic E-state index is 13.6. The normalized spacial score (nSPS) is 17.4. The van der Waals surface area contributed by atoms with Crippen LogP contribution in [0.25, 0.3) is 0 Å². The minimum absolute atomic E-state index is 0.00179. The van der Waals surface area contributed by atoms with Crippen molar-refractivity contribution < 1.29 is 98.1 Å². The number of isothiocyanates is 1. The number of thiophene rings is 1. The number of hydrazine groups is 1. The highest BCUT2D eigenvalue weighted by atomic mass is 35.5. The van der Waals surface area contributed by atoms with Crippen LogP contribution in [0.5, 0.6) is 17.2 Å². The Morgan fingerprint density at radius 2 is 1.36 bits per heavy atom. The van der Waals surface area contributed by atoms with Crippen molar-refractivity contribution in [2.75, 3.05) is 121 Å². The summed E-state index contributed by atoms with van der Waals surface area (Å²) in [4.78, 5) is 115. The van der Waals surface area contributed by atoms with Gasteiger partial charge in [0.2, 0.25) is 0 Å². The first-order valence-electron chi connectivity index (χ1n) is 45.9. The number of aromatic hydroxyl groups is 2. The number of likely N-dealkylation sites (N-methyl/N-ethyl adjacent to an activating group) is 2. The van der Waals surface area contributed by atoms with Crippen LogP contribution in [0.15, 0.2) is 280 Å². The van der Waals surface area contributed by atoms with E-state index in [2.05, 4.69) is 141 Å². The van der Waals surface area contributed by atoms with E-state index in [-0.39, 0.29) is 86.3 Å². The predicted octanol–water partition coefficient (Wildman–Crippen LogP) is 17.8. The van der Waals surface area contributed by atoms with Crippen molar-refractivity contribution >= 4 is 162 Å². The molecule has 3 aromatic heterocycles. The van der Waals surface area contributed by atoms with Crippen molar-refractivity contribution in [3.05, 3.63) is 341 Å². The fourth-order valence-electron chi connectivity index (χ4n) is 14.7. The number of hydrogen-bond acceptors (Lipinski definition) is 31. The number of methoxy groups -OCH3 is 1. The lowest BCUT2D eigenvalue weighted by Crippen LogP contribution is -2.49. The summed E-state index contributed by atoms with van der Waals surface area (Å²) in [5.74, 6) is 4.03. The highest BCUT2D eigenvalue weighted by Gasteiger charge is 2.62. The highest BCUT2D eigenvalue weighted by Crippen LogP contribution is 2.50. The molecule has 33 nitrogen and oxygen atoms in total. The molecule has 3 fully saturated rings. The van der Waals surface area contributed by atoms with Crippen LogP contribution in [0, 0.1) is 24.7 Å². The third kappa shape index (κ3) is 35.7. The summed E-state index contributed by atoms with van der Waals surface area (Å²) in [5, 5.41) is 37.0. The number of phenolic OH excluding ortho intramolecular Hbond substituents is 2. The first kappa shape index (κ1) is 118. The second-order valence-corrected chi connectivity index (χ2v) is 40.1. The molecule has 8 heterocycles. The number of urea groups is 1. The van der Waals surface area contributed by atoms with Gasteiger partial charge in [-0.3, -0.25) is 48.4 Å². The van der Waals surface area contributed by atoms with Crippen LogP contribution in [-0.4, -0.2) is 217 Å². The van der Waals surface area contributed by atoms with Gasteiger partial charge in [0.1, 0.15) is 46.4 Å². The van der Waals surface area contributed by atoms with Crippen LogP contribution in [0.1, 0.15) is 108 Å². The Balaban J connectivity index is 0.000000176. The molecule has 0 spiro atoms. The van der Waals surface area contributed by atoms with Crippen molar-refractivity contribution in [3.8, 4) is 29.1 Å². The van der Waals surface area contributed by atoms with Gasteiger partial charge >= 0.3 is 30.0 Å². The third-order valence-corrected chi connectivity index (χ3v) is 27.1. The molecule has 2 saturated heterocycles. The number of fused-ring (bicyclic) bond motifs is 3. The molecule has 10 N–H and O–H groups in total. The number of aliphatic hydroxyl groups is 1. The number of carbonyl (C=O) groups excluding carboxylic acids is 7. The SMILES string of the molecule is CN1CCN(C(c2ccccc2)c2ccc(Cl)cc2)CC1.COS(C)(=O)=O.COc1ccc([C@@H]2Sc3ccccc3N(CCN(C)C)C(=O)[C@@H]2OC(C)=O)cc1.Cc1cc(C(=O)NNCc2ccccc2)no1.NC(=O)N1C(=O)C(C(=O)c2cccs2)c2cc(Cl)ccc21.Nc1ccn([C@H]2CS[C@@H](CO)O2)c(=O)n1.O=C1Nc2ccc(Cl)cc2[C@@](C#CC2CC2)(C(F)(F)F)O1.Oc1ccc(O)cc1.S=C=NCCc1ccccc1. The van der Waals surface area contributed by atoms with Gasteiger partial charge in [0, 0.05) is 102 Å². The number of thioether (sulfide) groups is 2. The van der Waals surface area contributed by atoms with Gasteiger partial charge < -0.3 is 65.0 Å². The molecule has 44 heteroatoms. The van der Waals surface area contributed by atoms with Crippen molar-refractivity contribution in [1.82, 2.24) is 40.3 Å². The molecular weight excluding hydrogens is 2080 g/mol. The Bertz CT molecular complexity index is 6740. The molecule has 2 unspecified atom stereocenters. The number of anilines is 4. The lowest BCUT2D eigenvalue weighted by molar-refractivity contribution is -0.239. The van der Waals surface area contributed by atoms with Crippen molar-refractivity contribution in [1.29, 1.82) is 0 Å². The summed E-state index contributed by atoms with van der Waals surface area (Å²) in [7, 11) is 5.69. The number of piperazine rings is 1. The summed E-state index contributed by atoms with van der Waals surface area (Å²) in [6.45, 7) is 9.97. The zero-order chi connectivity index (χ0) is 108. The standard InChI is InChI=1S/C22H26N2O4S.C18H21ClN2.C14H9ClF3NO2.C14H9ClN2O3S.C12H13N3O2.C9H9NS.C8H11N3O3S.C6H6O2.C2H6O3S/c1-15(25)28-20-21(16-9-11-17(27-4)12-10-16)29-19-8-6-5-7-18(19)24(22(20)26)14-13-23(2)3;1-20-11-13-21(14-12-20)18(15-5-3-2-4-6-15)16-7-9-17(19)10-8-16;15-9-3-4-11-10(7-9)13(14(16,17)18,21-12(20)19-11)6-5-8-1-2-8;15-7-3-4-9-8(6-7)11(13(19)17(9)14(16)20)12(18)10-2-1-5-21-10;1-9-7-11(15-17-9)12(16)14-13-8-10-5-3-2-4-6-10;11-8-10-7-6-9-4-2-1-3-5-9;9-5-1-2-11(8(13)10-5)6-4-15-7(3-12)14-6;7-5-1-2-6(8)4-3-5;1-5-6(2,3)4/h5-12,20-21H,13-14H2,1-4H3;2-10,18H,11-14H2,1H3;3-4,7-8H,1-2H2,(H,19,20);1-6,11H,(H2,16,20);2-7,13H,8H2,1H3,(H,14,16);1-5H,6-7H2;1-2,6-7,12H,3-4H2,(H2,9,10,13);1-4,7-8H;1-2H3/t20-,21+;;13-;;;;6-,7+;;/m1.0...1../s1. The quantitative estimate of drug-likeness (QED) is 0.00381. The molecule has 7 atom stereocenters. The average molecular weight is 2200 g/mol. The van der Waals surface area contributed by atoms with Gasteiger partial charge in [-0.25, -0.2) is 29.7 Å². The minimum Gasteiger partial charge on any atom is -0.508 e. The molecule has 1 saturated carbocycles. The summed E-state index contributed by atoms with van der Waals surface area (Å²) < 4.78 is 91.3. The average Bonchev–Trinajstić information content (AvgIpc) is 1.66. The number of halogens is 6. The number of aryl methyl sites for hydroxylation is 1. The lowest BCUT2D eigenvalue weighted by atomic mass is 9.90. The molecule has 6 amide bonds. The number of ether oxygens (including phenoxy) is 4. The number of nitrogens with two attached hydrogens (primary N) is 2. The van der Waals surface area contributed by atoms with Crippen molar-refractivity contribution in [2.24, 2.45) is 16.6 Å². The van der Waals surface area contributed by atoms with E-state index in [0.29, 0.717) is 58.3 Å². The highest BCUT2D eigenvalue weighted by molar-refractivity contribution is 8.00. The number of carbonyl (C=O) groups is 7. The number of thiocarbonyl (C=S) groups is 1. The largest absolute Gasteiger partial charge is 0.508 e. The van der Waals surface area contributed by atoms with E-state index in [1.807, 2.05) is 128 Å². The summed E-state index contributed by atoms with van der Waals surface area (Å²) in [5.41, 5.74) is 19.8. The Morgan fingerprint density at radius 3 is 1.92 bits per heavy atom. The van der Waals surface area contributed by atoms with Crippen LogP contribution >= 0.6 is 81.9 Å². The topological polar surface area (TPSA) is 438 Å². The number of nitrogen functional groups attached to an aromatic ring is 1. The maximum atomic E-state index is 13.6. The van der Waals surface area contributed by atoms with Crippen molar-refractivity contribution in [3.63, 3.8) is 0 Å². The number of esters is 1. The number of primary amides is 1. The predicted molar refractivity (Wildman–Crippen MR) is 573 cm³/mol. The van der Waals surface area contributed by atoms with E-state index in [1.165, 1.54) is 99.8 Å². The van der Waals surface area contributed by atoms with E-state index in [9.17, 15) is 59.9 Å². The van der Waals surface area contributed by atoms with Crippen LogP contribution in [0.2, 0.25) is 15.1 Å². The molecule has 12 aromatic rings. The number of aliphatic hydroxyl groups excluding tert-OH is 1. The number of para-hydroxylation sites is 1. The second-order valence-electron chi connectivity index (χ2n) is 33.5. The van der Waals surface area contributed by atoms with Crippen LogP contribution in [0.4, 0.5) is 45.6 Å². The molecule has 6 aliphatic rings. The fraction of sp³-hybridized carbons (Fsp3) is 0.286. The number of hydrogen-bond donors (Lipinski definition) is 8. The van der Waals surface area contributed by atoms with E-state index >= 15 is 0 Å². The molecule has 5 aliphatic heterocycles. The molecule has 0 radical (unpaired) electrons. The minimum atomic E-state index is -4.87. The van der Waals surface area contributed by atoms with Gasteiger partial charge in [0.25, 0.3) is 33.4 Å². The van der Waals surface area contributed by atoms with Gasteiger partial charge in [-0.15, -0.1) is 34.9 Å². The number of nitrogens with zero attached hydrogens (tertiary/aromatic N) is 9. The summed E-state index contributed by atoms with van der Waals surface area (Å²) in [6, 6.07) is 74.4. The number of phenols is 2. The number of ketones is 1. The molecule has 18 rings (SSSR count). The summed E-state index contributed by atoms with van der Waals surface area (Å²) in [6.07, 6.45) is -2.33. The molecule has 149 heavy (non-hydrogen) atoms. The smallest absolute Gasteiger partial charge is 0.445 e. The first-order valence-corrected chi connectivity index (χ1v) is 52.1. The molecular formula is C105H110Cl3F3N14O19S5. The lowest BCUT2D eigenvalue weighted by Gasteiger charge is -2.38. The zero-order valence-corrected chi connectivity index (χ0v) is 88.3. The Morgan fingerprint density at radius 1 is 0.758 bits per heavy atom. The van der Waals surface area contributed by atoms with Gasteiger partial charge in [-0.05, 0) is 213 Å². The number of imide groups is 1. The number of amides is 6. The fourth-order valence-corrected chi connectivity index (χ4v) is 18.2.